The van der Waals surface area contributed by atoms with Crippen LogP contribution in [0.5, 0.6) is 0 Å². The van der Waals surface area contributed by atoms with E-state index in [1.54, 1.807) is 6.07 Å². The van der Waals surface area contributed by atoms with E-state index in [9.17, 15) is 13.2 Å². The molecule has 0 aliphatic rings. The second-order valence-electron chi connectivity index (χ2n) is 3.98. The average Bonchev–Trinajstić information content (AvgIpc) is 2.90. The number of benzene rings is 1. The highest BCUT2D eigenvalue weighted by molar-refractivity contribution is 5.53. The van der Waals surface area contributed by atoms with Gasteiger partial charge in [-0.25, -0.2) is 4.98 Å². The summed E-state index contributed by atoms with van der Waals surface area (Å²) in [7, 11) is 0. The number of anilines is 1. The molecule has 5 nitrogen and oxygen atoms in total. The van der Waals surface area contributed by atoms with Crippen molar-refractivity contribution in [1.82, 2.24) is 15.2 Å². The summed E-state index contributed by atoms with van der Waals surface area (Å²) < 4.78 is 37.8. The Bertz CT molecular complexity index is 613. The third kappa shape index (κ3) is 3.26. The van der Waals surface area contributed by atoms with E-state index < -0.39 is 17.3 Å². The number of halogens is 3. The zero-order chi connectivity index (χ0) is 14.6. The number of H-pyrrole nitrogens is 1. The van der Waals surface area contributed by atoms with Crippen molar-refractivity contribution in [3.63, 3.8) is 0 Å². The van der Waals surface area contributed by atoms with E-state index in [2.05, 4.69) is 20.5 Å². The molecule has 0 aliphatic carbocycles. The van der Waals surface area contributed by atoms with Gasteiger partial charge < -0.3 is 5.32 Å². The molecule has 0 atom stereocenters. The minimum absolute atomic E-state index is 0.401. The van der Waals surface area contributed by atoms with Gasteiger partial charge in [0, 0.05) is 18.7 Å². The predicted molar refractivity (Wildman–Crippen MR) is 64.7 cm³/mol. The lowest BCUT2D eigenvalue weighted by molar-refractivity contribution is -0.137. The Balaban J connectivity index is 2.05. The standard InChI is InChI=1S/C12H10F3N5/c13-12(14,15)10-2-1-9(5-8(10)6-16)17-4-3-11-18-7-19-20-11/h1-2,5,7,17H,3-4H2,(H,18,19,20). The quantitative estimate of drug-likeness (QED) is 0.901. The molecule has 0 unspecified atom stereocenters. The first-order valence-corrected chi connectivity index (χ1v) is 5.70. The molecule has 0 saturated heterocycles. The Labute approximate surface area is 112 Å². The smallest absolute Gasteiger partial charge is 0.385 e. The lowest BCUT2D eigenvalue weighted by Gasteiger charge is -2.11. The number of nitrogens with zero attached hydrogens (tertiary/aromatic N) is 3. The summed E-state index contributed by atoms with van der Waals surface area (Å²) in [6, 6.07) is 4.94. The van der Waals surface area contributed by atoms with Gasteiger partial charge in [0.05, 0.1) is 17.2 Å². The fraction of sp³-hybridized carbons (Fsp3) is 0.250. The van der Waals surface area contributed by atoms with Crippen molar-refractivity contribution in [1.29, 1.82) is 5.26 Å². The third-order valence-electron chi connectivity index (χ3n) is 2.60. The van der Waals surface area contributed by atoms with Crippen molar-refractivity contribution in [3.8, 4) is 6.07 Å². The number of nitriles is 1. The minimum atomic E-state index is -4.52. The van der Waals surface area contributed by atoms with Gasteiger partial charge in [-0.15, -0.1) is 0 Å². The van der Waals surface area contributed by atoms with Crippen LogP contribution in [0, 0.1) is 11.3 Å². The van der Waals surface area contributed by atoms with Crippen molar-refractivity contribution in [2.75, 3.05) is 11.9 Å². The Morgan fingerprint density at radius 3 is 2.75 bits per heavy atom. The third-order valence-corrected chi connectivity index (χ3v) is 2.60. The lowest BCUT2D eigenvalue weighted by atomic mass is 10.1. The zero-order valence-electron chi connectivity index (χ0n) is 10.2. The van der Waals surface area contributed by atoms with Crippen LogP contribution >= 0.6 is 0 Å². The highest BCUT2D eigenvalue weighted by Crippen LogP contribution is 2.32. The second kappa shape index (κ2) is 5.61. The number of aromatic nitrogens is 3. The maximum atomic E-state index is 12.6. The van der Waals surface area contributed by atoms with Crippen LogP contribution in [-0.4, -0.2) is 21.7 Å². The van der Waals surface area contributed by atoms with Crippen molar-refractivity contribution >= 4 is 5.69 Å². The first-order chi connectivity index (χ1) is 9.50. The first-order valence-electron chi connectivity index (χ1n) is 5.70. The monoisotopic (exact) mass is 281 g/mol. The molecule has 0 bridgehead atoms. The van der Waals surface area contributed by atoms with Crippen LogP contribution in [0.4, 0.5) is 18.9 Å². The normalized spacial score (nSPS) is 11.1. The summed E-state index contributed by atoms with van der Waals surface area (Å²) in [5.74, 6) is 0.671. The fourth-order valence-corrected chi connectivity index (χ4v) is 1.67. The first kappa shape index (κ1) is 13.9. The summed E-state index contributed by atoms with van der Waals surface area (Å²) in [5, 5.41) is 18.1. The number of hydrogen-bond acceptors (Lipinski definition) is 4. The van der Waals surface area contributed by atoms with E-state index in [-0.39, 0.29) is 0 Å². The summed E-state index contributed by atoms with van der Waals surface area (Å²) in [6.07, 6.45) is -2.60. The number of hydrogen-bond donors (Lipinski definition) is 2. The van der Waals surface area contributed by atoms with Gasteiger partial charge in [0.25, 0.3) is 0 Å². The summed E-state index contributed by atoms with van der Waals surface area (Å²) in [6.45, 7) is 0.464. The van der Waals surface area contributed by atoms with Gasteiger partial charge >= 0.3 is 6.18 Å². The largest absolute Gasteiger partial charge is 0.417 e. The lowest BCUT2D eigenvalue weighted by Crippen LogP contribution is -2.10. The molecule has 0 fully saturated rings. The van der Waals surface area contributed by atoms with E-state index in [1.165, 1.54) is 18.5 Å². The molecule has 104 valence electrons. The van der Waals surface area contributed by atoms with Gasteiger partial charge in [-0.05, 0) is 18.2 Å². The summed E-state index contributed by atoms with van der Waals surface area (Å²) >= 11 is 0. The molecule has 0 amide bonds. The Morgan fingerprint density at radius 2 is 2.15 bits per heavy atom. The van der Waals surface area contributed by atoms with Crippen molar-refractivity contribution < 1.29 is 13.2 Å². The van der Waals surface area contributed by atoms with Gasteiger partial charge in [-0.2, -0.15) is 23.5 Å². The van der Waals surface area contributed by atoms with Crippen LogP contribution in [0.15, 0.2) is 24.5 Å². The van der Waals surface area contributed by atoms with E-state index in [0.29, 0.717) is 24.5 Å². The molecular formula is C12H10F3N5. The Hall–Kier alpha value is -2.56. The molecule has 2 aromatic rings. The number of alkyl halides is 3. The van der Waals surface area contributed by atoms with Crippen LogP contribution in [-0.2, 0) is 12.6 Å². The molecule has 0 aliphatic heterocycles. The van der Waals surface area contributed by atoms with Gasteiger partial charge in [-0.3, -0.25) is 5.10 Å². The molecule has 0 saturated carbocycles. The highest BCUT2D eigenvalue weighted by Gasteiger charge is 2.33. The van der Waals surface area contributed by atoms with E-state index in [0.717, 1.165) is 6.07 Å². The Kier molecular flexibility index (Phi) is 3.89. The molecule has 1 aromatic heterocycles. The maximum absolute atomic E-state index is 12.6. The molecule has 2 N–H and O–H groups in total. The van der Waals surface area contributed by atoms with Crippen LogP contribution < -0.4 is 5.32 Å². The molecular weight excluding hydrogens is 271 g/mol. The van der Waals surface area contributed by atoms with Gasteiger partial charge in [0.2, 0.25) is 0 Å². The number of aromatic amines is 1. The van der Waals surface area contributed by atoms with Crippen LogP contribution in [0.25, 0.3) is 0 Å². The molecule has 1 aromatic carbocycles. The van der Waals surface area contributed by atoms with Crippen molar-refractivity contribution in [2.45, 2.75) is 12.6 Å². The molecule has 2 rings (SSSR count). The molecule has 0 radical (unpaired) electrons. The maximum Gasteiger partial charge on any atom is 0.417 e. The van der Waals surface area contributed by atoms with E-state index >= 15 is 0 Å². The SMILES string of the molecule is N#Cc1cc(NCCc2ncn[nH]2)ccc1C(F)(F)F. The highest BCUT2D eigenvalue weighted by atomic mass is 19.4. The Morgan fingerprint density at radius 1 is 1.35 bits per heavy atom. The van der Waals surface area contributed by atoms with E-state index in [4.69, 9.17) is 5.26 Å². The number of nitrogens with one attached hydrogen (secondary N) is 2. The van der Waals surface area contributed by atoms with Gasteiger partial charge in [-0.1, -0.05) is 0 Å². The molecule has 20 heavy (non-hydrogen) atoms. The van der Waals surface area contributed by atoms with Crippen molar-refractivity contribution in [3.05, 3.63) is 41.5 Å². The average molecular weight is 281 g/mol. The predicted octanol–water partition coefficient (Wildman–Crippen LogP) is 2.35. The molecule has 8 heteroatoms. The minimum Gasteiger partial charge on any atom is -0.385 e. The number of rotatable bonds is 4. The fourth-order valence-electron chi connectivity index (χ4n) is 1.67. The summed E-state index contributed by atoms with van der Waals surface area (Å²) in [5.41, 5.74) is -0.878. The second-order valence-corrected chi connectivity index (χ2v) is 3.98. The van der Waals surface area contributed by atoms with Crippen LogP contribution in [0.2, 0.25) is 0 Å². The molecule has 1 heterocycles. The van der Waals surface area contributed by atoms with Crippen LogP contribution in [0.3, 0.4) is 0 Å². The summed E-state index contributed by atoms with van der Waals surface area (Å²) in [4.78, 5) is 3.92. The van der Waals surface area contributed by atoms with Crippen LogP contribution in [0.1, 0.15) is 17.0 Å². The topological polar surface area (TPSA) is 77.4 Å². The van der Waals surface area contributed by atoms with Gasteiger partial charge in [0.15, 0.2) is 0 Å². The van der Waals surface area contributed by atoms with Crippen molar-refractivity contribution in [2.24, 2.45) is 0 Å². The van der Waals surface area contributed by atoms with E-state index in [1.807, 2.05) is 0 Å². The zero-order valence-corrected chi connectivity index (χ0v) is 10.2. The molecule has 0 spiro atoms. The van der Waals surface area contributed by atoms with Gasteiger partial charge in [0.1, 0.15) is 12.2 Å².